The number of hydrogen-bond acceptors (Lipinski definition) is 5. The highest BCUT2D eigenvalue weighted by Crippen LogP contribution is 2.41. The van der Waals surface area contributed by atoms with E-state index >= 15 is 0 Å². The number of ether oxygens (including phenoxy) is 1. The fourth-order valence-electron chi connectivity index (χ4n) is 3.96. The lowest BCUT2D eigenvalue weighted by atomic mass is 9.95. The molecular weight excluding hydrogens is 525 g/mol. The van der Waals surface area contributed by atoms with Gasteiger partial charge >= 0.3 is 6.18 Å². The average molecular weight is 547 g/mol. The molecule has 0 fully saturated rings. The Labute approximate surface area is 215 Å². The summed E-state index contributed by atoms with van der Waals surface area (Å²) in [5.41, 5.74) is 4.19. The summed E-state index contributed by atoms with van der Waals surface area (Å²) < 4.78 is 71.5. The number of hydrogen-bond donors (Lipinski definition) is 3. The zero-order valence-corrected chi connectivity index (χ0v) is 20.8. The molecule has 0 atom stereocenters. The van der Waals surface area contributed by atoms with Crippen LogP contribution >= 0.6 is 0 Å². The van der Waals surface area contributed by atoms with Crippen LogP contribution in [0.4, 0.5) is 18.9 Å². The number of amides is 2. The van der Waals surface area contributed by atoms with E-state index in [1.165, 1.54) is 30.3 Å². The number of aromatic nitrogens is 1. The Kier molecular flexibility index (Phi) is 6.80. The van der Waals surface area contributed by atoms with Gasteiger partial charge in [-0.15, -0.1) is 0 Å². The van der Waals surface area contributed by atoms with Gasteiger partial charge in [-0.2, -0.15) is 13.2 Å². The molecule has 3 aromatic carbocycles. The number of alkyl halides is 3. The topological polar surface area (TPSA) is 133 Å². The van der Waals surface area contributed by atoms with E-state index < -0.39 is 33.6 Å². The zero-order chi connectivity index (χ0) is 27.8. The van der Waals surface area contributed by atoms with Crippen LogP contribution in [0.3, 0.4) is 0 Å². The summed E-state index contributed by atoms with van der Waals surface area (Å²) in [6.45, 7) is 0. The molecule has 0 aliphatic rings. The normalized spacial score (nSPS) is 11.8. The van der Waals surface area contributed by atoms with Crippen LogP contribution in [0.5, 0.6) is 5.75 Å². The number of halogens is 3. The Morgan fingerprint density at radius 3 is 2.34 bits per heavy atom. The average Bonchev–Trinajstić information content (AvgIpc) is 3.19. The van der Waals surface area contributed by atoms with Gasteiger partial charge in [-0.3, -0.25) is 9.59 Å². The van der Waals surface area contributed by atoms with Gasteiger partial charge in [-0.05, 0) is 47.5 Å². The molecule has 0 aliphatic heterocycles. The number of nitrogens with zero attached hydrogens (tertiary/aromatic N) is 1. The quantitative estimate of drug-likeness (QED) is 0.320. The maximum Gasteiger partial charge on any atom is 0.417 e. The molecule has 38 heavy (non-hydrogen) atoms. The molecule has 0 bridgehead atoms. The molecule has 4 aromatic rings. The smallest absolute Gasteiger partial charge is 0.417 e. The van der Waals surface area contributed by atoms with Crippen molar-refractivity contribution < 1.29 is 35.9 Å². The van der Waals surface area contributed by atoms with Crippen molar-refractivity contribution in [3.05, 3.63) is 83.6 Å². The summed E-state index contributed by atoms with van der Waals surface area (Å²) in [5, 5.41) is 3.16. The van der Waals surface area contributed by atoms with Crippen LogP contribution in [0, 0.1) is 0 Å². The van der Waals surface area contributed by atoms with Gasteiger partial charge in [-0.25, -0.2) is 17.9 Å². The van der Waals surface area contributed by atoms with Gasteiger partial charge in [0.25, 0.3) is 11.8 Å². The van der Waals surface area contributed by atoms with Gasteiger partial charge in [0.15, 0.2) is 0 Å². The predicted octanol–water partition coefficient (Wildman–Crippen LogP) is 4.19. The van der Waals surface area contributed by atoms with E-state index in [0.717, 1.165) is 24.1 Å². The van der Waals surface area contributed by atoms with E-state index in [-0.39, 0.29) is 33.8 Å². The van der Waals surface area contributed by atoms with E-state index in [1.807, 2.05) is 0 Å². The van der Waals surface area contributed by atoms with Gasteiger partial charge in [0.05, 0.1) is 30.0 Å². The molecule has 9 nitrogen and oxygen atoms in total. The Balaban J connectivity index is 1.77. The number of anilines is 1. The molecule has 0 aliphatic carbocycles. The van der Waals surface area contributed by atoms with Crippen molar-refractivity contribution in [3.8, 4) is 16.9 Å². The molecule has 1 aromatic heterocycles. The molecule has 2 amide bonds. The number of primary amides is 1. The summed E-state index contributed by atoms with van der Waals surface area (Å²) in [6.07, 6.45) is -3.86. The van der Waals surface area contributed by atoms with Crippen molar-refractivity contribution in [3.63, 3.8) is 0 Å². The fourth-order valence-corrected chi connectivity index (χ4v) is 4.49. The first kappa shape index (κ1) is 26.5. The number of nitrogens with two attached hydrogens (primary N) is 1. The second-order valence-electron chi connectivity index (χ2n) is 8.28. The van der Waals surface area contributed by atoms with Gasteiger partial charge in [-0.1, -0.05) is 30.3 Å². The number of para-hydroxylation sites is 1. The summed E-state index contributed by atoms with van der Waals surface area (Å²) in [7, 11) is -2.65. The molecule has 0 spiro atoms. The standard InChI is InChI=1S/C25H21F3N4O5S/c1-37-22-13-19(25(26,27)28)17(12-18(22)23(29)33)14-7-5-8-16(10-14)30-24(34)21-11-15-6-3-4-9-20(15)32(21)31-38(2,35)36/h3-13,31H,1-2H3,(H2,29,33)(H,30,34). The first-order chi connectivity index (χ1) is 17.8. The number of benzene rings is 3. The van der Waals surface area contributed by atoms with Gasteiger partial charge in [0, 0.05) is 11.1 Å². The molecule has 0 saturated carbocycles. The predicted molar refractivity (Wildman–Crippen MR) is 136 cm³/mol. The first-order valence-corrected chi connectivity index (χ1v) is 12.8. The Morgan fingerprint density at radius 1 is 1.00 bits per heavy atom. The number of rotatable bonds is 7. The monoisotopic (exact) mass is 546 g/mol. The number of sulfonamides is 1. The zero-order valence-electron chi connectivity index (χ0n) is 20.0. The van der Waals surface area contributed by atoms with E-state index in [9.17, 15) is 31.2 Å². The van der Waals surface area contributed by atoms with Crippen LogP contribution in [0.15, 0.2) is 66.7 Å². The molecule has 4 N–H and O–H groups in total. The van der Waals surface area contributed by atoms with Crippen LogP contribution in [0.1, 0.15) is 26.4 Å². The fraction of sp³-hybridized carbons (Fsp3) is 0.120. The van der Waals surface area contributed by atoms with Crippen LogP contribution < -0.4 is 20.6 Å². The van der Waals surface area contributed by atoms with Crippen molar-refractivity contribution >= 4 is 38.4 Å². The lowest BCUT2D eigenvalue weighted by Gasteiger charge is -2.17. The SMILES string of the molecule is COc1cc(C(F)(F)F)c(-c2cccc(NC(=O)c3cc4ccccc4n3NS(C)(=O)=O)c2)cc1C(N)=O. The molecule has 0 radical (unpaired) electrons. The number of carbonyl (C=O) groups is 2. The third kappa shape index (κ3) is 5.42. The molecule has 13 heteroatoms. The highest BCUT2D eigenvalue weighted by atomic mass is 32.2. The Bertz CT molecular complexity index is 1680. The highest BCUT2D eigenvalue weighted by Gasteiger charge is 2.35. The van der Waals surface area contributed by atoms with Gasteiger partial charge in [0.1, 0.15) is 11.4 Å². The van der Waals surface area contributed by atoms with Crippen molar-refractivity contribution in [2.24, 2.45) is 5.73 Å². The minimum absolute atomic E-state index is 0.0371. The maximum atomic E-state index is 13.9. The van der Waals surface area contributed by atoms with Crippen molar-refractivity contribution in [2.45, 2.75) is 6.18 Å². The van der Waals surface area contributed by atoms with E-state index in [4.69, 9.17) is 10.5 Å². The molecule has 0 unspecified atom stereocenters. The number of carbonyl (C=O) groups excluding carboxylic acids is 2. The molecular formula is C25H21F3N4O5S. The lowest BCUT2D eigenvalue weighted by Crippen LogP contribution is -2.27. The third-order valence-electron chi connectivity index (χ3n) is 5.54. The van der Waals surface area contributed by atoms with Crippen LogP contribution in [-0.4, -0.2) is 38.3 Å². The second-order valence-corrected chi connectivity index (χ2v) is 10.0. The summed E-state index contributed by atoms with van der Waals surface area (Å²) in [6, 6.07) is 15.4. The van der Waals surface area contributed by atoms with Gasteiger partial charge in [0.2, 0.25) is 10.0 Å². The van der Waals surface area contributed by atoms with Crippen LogP contribution in [0.25, 0.3) is 22.0 Å². The summed E-state index contributed by atoms with van der Waals surface area (Å²) in [5.74, 6) is -2.03. The number of nitrogens with one attached hydrogen (secondary N) is 2. The number of methoxy groups -OCH3 is 1. The lowest BCUT2D eigenvalue weighted by molar-refractivity contribution is -0.137. The minimum Gasteiger partial charge on any atom is -0.496 e. The maximum absolute atomic E-state index is 13.9. The van der Waals surface area contributed by atoms with Crippen molar-refractivity contribution in [1.82, 2.24) is 4.68 Å². The van der Waals surface area contributed by atoms with Crippen LogP contribution in [-0.2, 0) is 16.2 Å². The van der Waals surface area contributed by atoms with E-state index in [1.54, 1.807) is 24.3 Å². The second kappa shape index (κ2) is 9.74. The largest absolute Gasteiger partial charge is 0.496 e. The van der Waals surface area contributed by atoms with E-state index in [0.29, 0.717) is 17.0 Å². The Morgan fingerprint density at radius 2 is 1.71 bits per heavy atom. The highest BCUT2D eigenvalue weighted by molar-refractivity contribution is 7.91. The number of fused-ring (bicyclic) bond motifs is 1. The molecule has 4 rings (SSSR count). The van der Waals surface area contributed by atoms with E-state index in [2.05, 4.69) is 10.1 Å². The Hall–Kier alpha value is -4.52. The van der Waals surface area contributed by atoms with Gasteiger partial charge < -0.3 is 15.8 Å². The van der Waals surface area contributed by atoms with Crippen LogP contribution in [0.2, 0.25) is 0 Å². The first-order valence-electron chi connectivity index (χ1n) is 10.9. The molecule has 1 heterocycles. The molecule has 198 valence electrons. The summed E-state index contributed by atoms with van der Waals surface area (Å²) >= 11 is 0. The van der Waals surface area contributed by atoms with Crippen molar-refractivity contribution in [2.75, 3.05) is 23.5 Å². The van der Waals surface area contributed by atoms with Crippen molar-refractivity contribution in [1.29, 1.82) is 0 Å². The summed E-state index contributed by atoms with van der Waals surface area (Å²) in [4.78, 5) is 27.3. The third-order valence-corrected chi connectivity index (χ3v) is 6.06. The minimum atomic E-state index is -4.80. The molecule has 0 saturated heterocycles.